The normalized spacial score (nSPS) is 18.3. The first kappa shape index (κ1) is 36.2. The van der Waals surface area contributed by atoms with Crippen molar-refractivity contribution in [1.82, 2.24) is 0 Å². The molecule has 5 aromatic rings. The van der Waals surface area contributed by atoms with Crippen LogP contribution >= 0.6 is 0 Å². The number of benzene rings is 5. The molecule has 0 spiro atoms. The number of aliphatic carboxylic acids is 1. The van der Waals surface area contributed by atoms with E-state index in [0.717, 1.165) is 37.2 Å². The van der Waals surface area contributed by atoms with Gasteiger partial charge in [0.2, 0.25) is 0 Å². The van der Waals surface area contributed by atoms with E-state index < -0.39 is 5.97 Å². The van der Waals surface area contributed by atoms with Gasteiger partial charge in [-0.3, -0.25) is 4.79 Å². The van der Waals surface area contributed by atoms with Crippen LogP contribution in [0.1, 0.15) is 114 Å². The zero-order valence-corrected chi connectivity index (χ0v) is 30.7. The van der Waals surface area contributed by atoms with Crippen LogP contribution in [-0.2, 0) is 17.6 Å². The third kappa shape index (κ3) is 9.45. The third-order valence-electron chi connectivity index (χ3n) is 11.8. The number of phenolic OH excluding ortho intramolecular Hbond substituents is 1. The molecular formula is C50H52O3. The summed E-state index contributed by atoms with van der Waals surface area (Å²) >= 11 is 0. The first-order valence-electron chi connectivity index (χ1n) is 19.7. The number of aryl methyl sites for hydroxylation is 2. The van der Waals surface area contributed by atoms with Crippen molar-refractivity contribution < 1.29 is 15.0 Å². The van der Waals surface area contributed by atoms with Crippen LogP contribution in [0, 0.1) is 11.8 Å². The van der Waals surface area contributed by atoms with Crippen LogP contribution in [0.2, 0.25) is 0 Å². The van der Waals surface area contributed by atoms with E-state index in [1.165, 1.54) is 65.5 Å². The summed E-state index contributed by atoms with van der Waals surface area (Å²) in [5.74, 6) is 1.86. The van der Waals surface area contributed by atoms with Crippen molar-refractivity contribution in [2.45, 2.75) is 82.5 Å². The molecule has 0 radical (unpaired) electrons. The number of hydrogen-bond donors (Lipinski definition) is 2. The highest BCUT2D eigenvalue weighted by molar-refractivity contribution is 5.91. The van der Waals surface area contributed by atoms with E-state index >= 15 is 0 Å². The standard InChI is InChI=1S/C50H52O3/c51-49-20-8-7-17-42(49)29-25-36(28-32-50(52)53)11-9-12-38-27-31-46-44(35-43-18-10-19-45(43)48(46)34-38)30-26-37-21-23-39(24-22-37)33-47(40-13-3-1-4-14-40)41-15-5-2-6-16-41/h1-9,12-17,20-24,27,31,33-34,36,43-45,51H,10-11,18-19,25-26,28-30,32,35H2,(H,52,53)/b12-9+. The van der Waals surface area contributed by atoms with Gasteiger partial charge in [0.25, 0.3) is 0 Å². The molecule has 1 fully saturated rings. The molecule has 2 aliphatic carbocycles. The molecule has 7 rings (SSSR count). The third-order valence-corrected chi connectivity index (χ3v) is 11.8. The first-order valence-corrected chi connectivity index (χ1v) is 19.7. The average molecular weight is 701 g/mol. The van der Waals surface area contributed by atoms with Crippen molar-refractivity contribution >= 4 is 23.7 Å². The average Bonchev–Trinajstić information content (AvgIpc) is 3.67. The van der Waals surface area contributed by atoms with Gasteiger partial charge in [-0.05, 0) is 144 Å². The number of phenols is 1. The summed E-state index contributed by atoms with van der Waals surface area (Å²) in [6, 6.07) is 45.1. The fourth-order valence-corrected chi connectivity index (χ4v) is 8.93. The molecule has 3 nitrogen and oxygen atoms in total. The van der Waals surface area contributed by atoms with Gasteiger partial charge in [0, 0.05) is 6.42 Å². The molecular weight excluding hydrogens is 649 g/mol. The van der Waals surface area contributed by atoms with Gasteiger partial charge < -0.3 is 10.2 Å². The number of carboxylic acids is 1. The lowest BCUT2D eigenvalue weighted by molar-refractivity contribution is -0.137. The molecule has 4 unspecified atom stereocenters. The van der Waals surface area contributed by atoms with E-state index in [-0.39, 0.29) is 12.3 Å². The van der Waals surface area contributed by atoms with Gasteiger partial charge in [0.1, 0.15) is 5.75 Å². The molecule has 2 aliphatic rings. The Balaban J connectivity index is 1.02. The van der Waals surface area contributed by atoms with Crippen LogP contribution in [0.25, 0.3) is 17.7 Å². The summed E-state index contributed by atoms with van der Waals surface area (Å²) in [4.78, 5) is 11.4. The second-order valence-corrected chi connectivity index (χ2v) is 15.3. The van der Waals surface area contributed by atoms with Crippen LogP contribution < -0.4 is 0 Å². The molecule has 0 amide bonds. The van der Waals surface area contributed by atoms with E-state index in [2.05, 4.69) is 121 Å². The molecule has 5 aromatic carbocycles. The second kappa shape index (κ2) is 17.6. The Morgan fingerprint density at radius 1 is 0.736 bits per heavy atom. The smallest absolute Gasteiger partial charge is 0.303 e. The number of aromatic hydroxyl groups is 1. The number of para-hydroxylation sites is 1. The van der Waals surface area contributed by atoms with Crippen LogP contribution in [0.5, 0.6) is 5.75 Å². The number of carboxylic acid groups (broad SMARTS) is 1. The van der Waals surface area contributed by atoms with Crippen LogP contribution in [0.4, 0.5) is 0 Å². The molecule has 0 saturated heterocycles. The number of allylic oxidation sites excluding steroid dienone is 1. The Bertz CT molecular complexity index is 1970. The number of fused-ring (bicyclic) bond motifs is 3. The minimum absolute atomic E-state index is 0.174. The predicted molar refractivity (Wildman–Crippen MR) is 219 cm³/mol. The molecule has 0 heterocycles. The highest BCUT2D eigenvalue weighted by Gasteiger charge is 2.37. The fourth-order valence-electron chi connectivity index (χ4n) is 8.93. The van der Waals surface area contributed by atoms with Crippen molar-refractivity contribution in [2.75, 3.05) is 0 Å². The van der Waals surface area contributed by atoms with Gasteiger partial charge >= 0.3 is 5.97 Å². The van der Waals surface area contributed by atoms with E-state index in [4.69, 9.17) is 0 Å². The largest absolute Gasteiger partial charge is 0.508 e. The summed E-state index contributed by atoms with van der Waals surface area (Å²) in [5, 5.41) is 19.6. The number of carbonyl (C=O) groups is 1. The zero-order chi connectivity index (χ0) is 36.4. The Kier molecular flexibility index (Phi) is 12.0. The van der Waals surface area contributed by atoms with Crippen LogP contribution in [-0.4, -0.2) is 16.2 Å². The van der Waals surface area contributed by atoms with Gasteiger partial charge in [-0.25, -0.2) is 0 Å². The number of hydrogen-bond acceptors (Lipinski definition) is 2. The maximum atomic E-state index is 11.4. The molecule has 3 heteroatoms. The van der Waals surface area contributed by atoms with Gasteiger partial charge in [0.05, 0.1) is 0 Å². The monoisotopic (exact) mass is 700 g/mol. The highest BCUT2D eigenvalue weighted by Crippen LogP contribution is 2.52. The molecule has 270 valence electrons. The molecule has 2 N–H and O–H groups in total. The van der Waals surface area contributed by atoms with E-state index in [9.17, 15) is 15.0 Å². The van der Waals surface area contributed by atoms with Crippen molar-refractivity contribution in [2.24, 2.45) is 11.8 Å². The lowest BCUT2D eigenvalue weighted by Gasteiger charge is -2.35. The van der Waals surface area contributed by atoms with Crippen LogP contribution in [0.3, 0.4) is 0 Å². The molecule has 0 aromatic heterocycles. The lowest BCUT2D eigenvalue weighted by Crippen LogP contribution is -2.21. The Morgan fingerprint density at radius 3 is 2.15 bits per heavy atom. The minimum Gasteiger partial charge on any atom is -0.508 e. The maximum absolute atomic E-state index is 11.4. The Hall–Kier alpha value is -5.15. The van der Waals surface area contributed by atoms with Crippen LogP contribution in [0.15, 0.2) is 133 Å². The summed E-state index contributed by atoms with van der Waals surface area (Å²) in [6.45, 7) is 0. The quantitative estimate of drug-likeness (QED) is 0.107. The molecule has 4 atom stereocenters. The topological polar surface area (TPSA) is 57.5 Å². The minimum atomic E-state index is -0.748. The van der Waals surface area contributed by atoms with E-state index in [1.54, 1.807) is 17.2 Å². The summed E-state index contributed by atoms with van der Waals surface area (Å²) in [6.07, 6.45) is 17.6. The second-order valence-electron chi connectivity index (χ2n) is 15.3. The highest BCUT2D eigenvalue weighted by atomic mass is 16.4. The molecule has 1 saturated carbocycles. The summed E-state index contributed by atoms with van der Waals surface area (Å²) in [7, 11) is 0. The van der Waals surface area contributed by atoms with Gasteiger partial charge in [-0.15, -0.1) is 0 Å². The number of rotatable bonds is 15. The van der Waals surface area contributed by atoms with Crippen molar-refractivity contribution in [3.05, 3.63) is 178 Å². The predicted octanol–water partition coefficient (Wildman–Crippen LogP) is 12.5. The van der Waals surface area contributed by atoms with Gasteiger partial charge in [-0.2, -0.15) is 0 Å². The lowest BCUT2D eigenvalue weighted by atomic mass is 9.70. The zero-order valence-electron chi connectivity index (χ0n) is 30.7. The Morgan fingerprint density at radius 2 is 1.43 bits per heavy atom. The molecule has 0 bridgehead atoms. The van der Waals surface area contributed by atoms with Crippen molar-refractivity contribution in [3.8, 4) is 5.75 Å². The fraction of sp³-hybridized carbons (Fsp3) is 0.300. The molecule has 53 heavy (non-hydrogen) atoms. The van der Waals surface area contributed by atoms with E-state index in [0.29, 0.717) is 24.0 Å². The van der Waals surface area contributed by atoms with Gasteiger partial charge in [-0.1, -0.05) is 140 Å². The van der Waals surface area contributed by atoms with Gasteiger partial charge in [0.15, 0.2) is 0 Å². The van der Waals surface area contributed by atoms with Crippen molar-refractivity contribution in [3.63, 3.8) is 0 Å². The Labute approximate surface area is 315 Å². The maximum Gasteiger partial charge on any atom is 0.303 e. The molecule has 0 aliphatic heterocycles. The summed E-state index contributed by atoms with van der Waals surface area (Å²) < 4.78 is 0. The SMILES string of the molecule is O=C(O)CCC(C/C=C/c1ccc2c(c1)C1CCCC1CC2CCc1ccc(C=C(c2ccccc2)c2ccccc2)cc1)CCc1ccccc1O. The van der Waals surface area contributed by atoms with Crippen molar-refractivity contribution in [1.29, 1.82) is 0 Å². The van der Waals surface area contributed by atoms with E-state index in [1.807, 2.05) is 18.2 Å². The first-order chi connectivity index (χ1) is 26.0. The summed E-state index contributed by atoms with van der Waals surface area (Å²) in [5.41, 5.74) is 11.6.